The van der Waals surface area contributed by atoms with Crippen molar-refractivity contribution < 1.29 is 13.2 Å². The van der Waals surface area contributed by atoms with Crippen LogP contribution < -0.4 is 5.32 Å². The van der Waals surface area contributed by atoms with Gasteiger partial charge in [0.15, 0.2) is 5.69 Å². The number of nitrogens with zero attached hydrogens (tertiary/aromatic N) is 2. The lowest BCUT2D eigenvalue weighted by Gasteiger charge is -2.10. The van der Waals surface area contributed by atoms with Gasteiger partial charge >= 0.3 is 6.18 Å². The molecule has 0 saturated carbocycles. The number of nitrogens with one attached hydrogen (secondary N) is 1. The van der Waals surface area contributed by atoms with E-state index >= 15 is 0 Å². The molecule has 13 heavy (non-hydrogen) atoms. The van der Waals surface area contributed by atoms with Gasteiger partial charge in [0.1, 0.15) is 12.1 Å². The van der Waals surface area contributed by atoms with E-state index in [1.54, 1.807) is 0 Å². The number of anilines is 1. The third kappa shape index (κ3) is 1.88. The highest BCUT2D eigenvalue weighted by molar-refractivity contribution is 5.44. The van der Waals surface area contributed by atoms with Crippen molar-refractivity contribution in [2.45, 2.75) is 13.1 Å². The molecule has 0 saturated heterocycles. The van der Waals surface area contributed by atoms with Crippen molar-refractivity contribution in [2.75, 3.05) is 12.4 Å². The lowest BCUT2D eigenvalue weighted by Crippen LogP contribution is -2.12. The van der Waals surface area contributed by atoms with Crippen molar-refractivity contribution in [3.8, 4) is 0 Å². The molecule has 1 rings (SSSR count). The van der Waals surface area contributed by atoms with Crippen LogP contribution in [0.3, 0.4) is 0 Å². The molecule has 0 radical (unpaired) electrons. The molecule has 0 aliphatic rings. The molecule has 0 spiro atoms. The Morgan fingerprint density at radius 1 is 1.31 bits per heavy atom. The van der Waals surface area contributed by atoms with E-state index in [1.165, 1.54) is 14.0 Å². The summed E-state index contributed by atoms with van der Waals surface area (Å²) in [4.78, 5) is 6.83. The summed E-state index contributed by atoms with van der Waals surface area (Å²) < 4.78 is 36.7. The maximum atomic E-state index is 12.2. The molecular weight excluding hydrogens is 183 g/mol. The quantitative estimate of drug-likeness (QED) is 0.736. The Balaban J connectivity index is 3.24. The summed E-state index contributed by atoms with van der Waals surface area (Å²) in [7, 11) is 1.51. The summed E-state index contributed by atoms with van der Waals surface area (Å²) in [6, 6.07) is 0. The average molecular weight is 191 g/mol. The highest BCUT2D eigenvalue weighted by atomic mass is 19.4. The Labute approximate surface area is 73.0 Å². The number of hydrogen-bond acceptors (Lipinski definition) is 3. The third-order valence-corrected chi connectivity index (χ3v) is 1.59. The van der Waals surface area contributed by atoms with Gasteiger partial charge in [0.25, 0.3) is 0 Å². The monoisotopic (exact) mass is 191 g/mol. The van der Waals surface area contributed by atoms with Gasteiger partial charge in [-0.05, 0) is 6.92 Å². The molecule has 0 bridgehead atoms. The van der Waals surface area contributed by atoms with Crippen LogP contribution >= 0.6 is 0 Å². The summed E-state index contributed by atoms with van der Waals surface area (Å²) >= 11 is 0. The van der Waals surface area contributed by atoms with Crippen molar-refractivity contribution >= 4 is 5.82 Å². The molecule has 0 aliphatic carbocycles. The van der Waals surface area contributed by atoms with Gasteiger partial charge in [-0.25, -0.2) is 9.97 Å². The molecule has 1 aromatic rings. The van der Waals surface area contributed by atoms with E-state index in [-0.39, 0.29) is 11.4 Å². The van der Waals surface area contributed by atoms with Crippen LogP contribution in [0, 0.1) is 6.92 Å². The van der Waals surface area contributed by atoms with E-state index in [0.717, 1.165) is 6.33 Å². The normalized spacial score (nSPS) is 11.5. The zero-order valence-corrected chi connectivity index (χ0v) is 7.11. The highest BCUT2D eigenvalue weighted by Gasteiger charge is 2.35. The van der Waals surface area contributed by atoms with Crippen LogP contribution in [-0.2, 0) is 6.18 Å². The standard InChI is InChI=1S/C7H8F3N3/c1-4-5(7(8,9)10)12-3-13-6(4)11-2/h3H,1-2H3,(H,11,12,13). The van der Waals surface area contributed by atoms with Gasteiger partial charge in [-0.2, -0.15) is 13.2 Å². The van der Waals surface area contributed by atoms with Crippen LogP contribution in [0.25, 0.3) is 0 Å². The number of halogens is 3. The van der Waals surface area contributed by atoms with Crippen molar-refractivity contribution in [2.24, 2.45) is 0 Å². The molecule has 1 N–H and O–H groups in total. The van der Waals surface area contributed by atoms with Crippen LogP contribution in [-0.4, -0.2) is 17.0 Å². The Bertz CT molecular complexity index is 308. The van der Waals surface area contributed by atoms with Crippen LogP contribution in [0.2, 0.25) is 0 Å². The molecule has 0 aromatic carbocycles. The smallest absolute Gasteiger partial charge is 0.373 e. The van der Waals surface area contributed by atoms with E-state index in [4.69, 9.17) is 0 Å². The summed E-state index contributed by atoms with van der Waals surface area (Å²) in [6.45, 7) is 1.33. The molecule has 0 fully saturated rings. The number of rotatable bonds is 1. The minimum Gasteiger partial charge on any atom is -0.373 e. The van der Waals surface area contributed by atoms with Crippen LogP contribution in [0.5, 0.6) is 0 Å². The minimum absolute atomic E-state index is 0.0116. The number of hydrogen-bond donors (Lipinski definition) is 1. The van der Waals surface area contributed by atoms with Gasteiger partial charge in [-0.3, -0.25) is 0 Å². The fraction of sp³-hybridized carbons (Fsp3) is 0.429. The summed E-state index contributed by atoms with van der Waals surface area (Å²) in [5, 5.41) is 2.56. The lowest BCUT2D eigenvalue weighted by atomic mass is 10.2. The molecule has 0 aliphatic heterocycles. The van der Waals surface area contributed by atoms with Crippen molar-refractivity contribution in [3.63, 3.8) is 0 Å². The first-order valence-electron chi connectivity index (χ1n) is 3.53. The van der Waals surface area contributed by atoms with E-state index in [0.29, 0.717) is 0 Å². The number of aromatic nitrogens is 2. The van der Waals surface area contributed by atoms with E-state index in [1.807, 2.05) is 0 Å². The Hall–Kier alpha value is -1.33. The van der Waals surface area contributed by atoms with Gasteiger partial charge in [-0.1, -0.05) is 0 Å². The fourth-order valence-corrected chi connectivity index (χ4v) is 0.988. The second-order valence-electron chi connectivity index (χ2n) is 2.44. The first-order chi connectivity index (χ1) is 5.96. The van der Waals surface area contributed by atoms with Gasteiger partial charge in [0.05, 0.1) is 0 Å². The van der Waals surface area contributed by atoms with Gasteiger partial charge in [-0.15, -0.1) is 0 Å². The van der Waals surface area contributed by atoms with Crippen LogP contribution in [0.15, 0.2) is 6.33 Å². The molecule has 1 heterocycles. The van der Waals surface area contributed by atoms with Gasteiger partial charge in [0.2, 0.25) is 0 Å². The fourth-order valence-electron chi connectivity index (χ4n) is 0.988. The first kappa shape index (κ1) is 9.76. The second kappa shape index (κ2) is 3.20. The van der Waals surface area contributed by atoms with E-state index < -0.39 is 11.9 Å². The Kier molecular flexibility index (Phi) is 2.40. The molecular formula is C7H8F3N3. The van der Waals surface area contributed by atoms with Crippen molar-refractivity contribution in [1.82, 2.24) is 9.97 Å². The van der Waals surface area contributed by atoms with E-state index in [2.05, 4.69) is 15.3 Å². The average Bonchev–Trinajstić information content (AvgIpc) is 2.02. The molecule has 3 nitrogen and oxygen atoms in total. The maximum Gasteiger partial charge on any atom is 0.433 e. The predicted octanol–water partition coefficient (Wildman–Crippen LogP) is 1.85. The molecule has 72 valence electrons. The van der Waals surface area contributed by atoms with E-state index in [9.17, 15) is 13.2 Å². The van der Waals surface area contributed by atoms with Crippen LogP contribution in [0.4, 0.5) is 19.0 Å². The summed E-state index contributed by atoms with van der Waals surface area (Å²) in [5.74, 6) is 0.197. The second-order valence-corrected chi connectivity index (χ2v) is 2.44. The van der Waals surface area contributed by atoms with Gasteiger partial charge in [0, 0.05) is 12.6 Å². The third-order valence-electron chi connectivity index (χ3n) is 1.59. The largest absolute Gasteiger partial charge is 0.433 e. The minimum atomic E-state index is -4.42. The van der Waals surface area contributed by atoms with Crippen LogP contribution in [0.1, 0.15) is 11.3 Å². The molecule has 0 amide bonds. The lowest BCUT2D eigenvalue weighted by molar-refractivity contribution is -0.141. The molecule has 0 unspecified atom stereocenters. The maximum absolute atomic E-state index is 12.2. The van der Waals surface area contributed by atoms with Gasteiger partial charge < -0.3 is 5.32 Å². The molecule has 6 heteroatoms. The Morgan fingerprint density at radius 3 is 2.38 bits per heavy atom. The molecule has 0 atom stereocenters. The topological polar surface area (TPSA) is 37.8 Å². The highest BCUT2D eigenvalue weighted by Crippen LogP contribution is 2.31. The molecule has 1 aromatic heterocycles. The summed E-state index contributed by atoms with van der Waals surface area (Å²) in [5.41, 5.74) is -0.885. The zero-order chi connectivity index (χ0) is 10.1. The number of alkyl halides is 3. The summed E-state index contributed by atoms with van der Waals surface area (Å²) in [6.07, 6.45) is -3.53. The Morgan fingerprint density at radius 2 is 1.92 bits per heavy atom. The van der Waals surface area contributed by atoms with Crippen molar-refractivity contribution in [3.05, 3.63) is 17.6 Å². The predicted molar refractivity (Wildman–Crippen MR) is 41.3 cm³/mol. The van der Waals surface area contributed by atoms with Crippen molar-refractivity contribution in [1.29, 1.82) is 0 Å². The SMILES string of the molecule is CNc1ncnc(C(F)(F)F)c1C. The zero-order valence-electron chi connectivity index (χ0n) is 7.11. The first-order valence-corrected chi connectivity index (χ1v) is 3.53.